The Balaban J connectivity index is 2.04. The van der Waals surface area contributed by atoms with Gasteiger partial charge in [0.2, 0.25) is 0 Å². The molecule has 0 radical (unpaired) electrons. The van der Waals surface area contributed by atoms with Gasteiger partial charge in [0.05, 0.1) is 18.1 Å². The molecule has 0 bridgehead atoms. The van der Waals surface area contributed by atoms with E-state index >= 15 is 0 Å². The molecule has 24 heavy (non-hydrogen) atoms. The lowest BCUT2D eigenvalue weighted by Crippen LogP contribution is -2.07. The van der Waals surface area contributed by atoms with Crippen LogP contribution in [0, 0.1) is 0 Å². The van der Waals surface area contributed by atoms with Gasteiger partial charge in [0.15, 0.2) is 16.9 Å². The third-order valence-electron chi connectivity index (χ3n) is 4.06. The van der Waals surface area contributed by atoms with E-state index in [0.29, 0.717) is 16.7 Å². The number of aromatic hydroxyl groups is 1. The highest BCUT2D eigenvalue weighted by atomic mass is 16.5. The third-order valence-corrected chi connectivity index (χ3v) is 4.06. The SMILES string of the molecule is COc1cc2c(cc1O)c(=O)ccn2-c1ccc2ncccc2c1. The first-order valence-electron chi connectivity index (χ1n) is 7.45. The van der Waals surface area contributed by atoms with E-state index < -0.39 is 0 Å². The molecule has 4 aromatic rings. The highest BCUT2D eigenvalue weighted by Crippen LogP contribution is 2.31. The lowest BCUT2D eigenvalue weighted by Gasteiger charge is -2.13. The van der Waals surface area contributed by atoms with E-state index in [4.69, 9.17) is 4.74 Å². The van der Waals surface area contributed by atoms with Crippen molar-refractivity contribution in [3.8, 4) is 17.2 Å². The summed E-state index contributed by atoms with van der Waals surface area (Å²) >= 11 is 0. The van der Waals surface area contributed by atoms with Crippen LogP contribution in [0.4, 0.5) is 0 Å². The molecule has 118 valence electrons. The van der Waals surface area contributed by atoms with Gasteiger partial charge in [-0.1, -0.05) is 6.07 Å². The normalized spacial score (nSPS) is 11.0. The van der Waals surface area contributed by atoms with Crippen LogP contribution >= 0.6 is 0 Å². The second-order valence-corrected chi connectivity index (χ2v) is 5.47. The van der Waals surface area contributed by atoms with Crippen LogP contribution in [0.3, 0.4) is 0 Å². The molecule has 0 saturated carbocycles. The van der Waals surface area contributed by atoms with E-state index in [0.717, 1.165) is 16.6 Å². The summed E-state index contributed by atoms with van der Waals surface area (Å²) in [6.07, 6.45) is 3.48. The highest BCUT2D eigenvalue weighted by molar-refractivity contribution is 5.86. The monoisotopic (exact) mass is 318 g/mol. The van der Waals surface area contributed by atoms with Crippen molar-refractivity contribution in [1.82, 2.24) is 9.55 Å². The van der Waals surface area contributed by atoms with Gasteiger partial charge in [-0.2, -0.15) is 0 Å². The number of aromatic nitrogens is 2. The molecule has 0 aliphatic rings. The molecule has 2 aromatic heterocycles. The van der Waals surface area contributed by atoms with Gasteiger partial charge in [-0.3, -0.25) is 9.78 Å². The maximum Gasteiger partial charge on any atom is 0.189 e. The second kappa shape index (κ2) is 5.38. The fourth-order valence-corrected chi connectivity index (χ4v) is 2.87. The molecule has 0 aliphatic heterocycles. The third kappa shape index (κ3) is 2.18. The van der Waals surface area contributed by atoms with Gasteiger partial charge in [-0.25, -0.2) is 0 Å². The van der Waals surface area contributed by atoms with Crippen LogP contribution in [0.5, 0.6) is 11.5 Å². The number of ether oxygens (including phenoxy) is 1. The van der Waals surface area contributed by atoms with E-state index in [-0.39, 0.29) is 11.2 Å². The molecule has 4 rings (SSSR count). The predicted molar refractivity (Wildman–Crippen MR) is 93.1 cm³/mol. The molecular formula is C19H14N2O3. The molecular weight excluding hydrogens is 304 g/mol. The number of rotatable bonds is 2. The fraction of sp³-hybridized carbons (Fsp3) is 0.0526. The van der Waals surface area contributed by atoms with Crippen LogP contribution in [0.25, 0.3) is 27.5 Å². The molecule has 0 atom stereocenters. The molecule has 2 heterocycles. The Labute approximate surface area is 137 Å². The lowest BCUT2D eigenvalue weighted by molar-refractivity contribution is 0.374. The molecule has 0 aliphatic carbocycles. The molecule has 2 aromatic carbocycles. The zero-order chi connectivity index (χ0) is 16.7. The van der Waals surface area contributed by atoms with E-state index in [1.54, 1.807) is 18.5 Å². The molecule has 0 spiro atoms. The summed E-state index contributed by atoms with van der Waals surface area (Å²) < 4.78 is 7.07. The molecule has 0 amide bonds. The zero-order valence-corrected chi connectivity index (χ0v) is 12.9. The molecule has 5 heteroatoms. The number of phenolic OH excluding ortho intramolecular Hbond substituents is 1. The van der Waals surface area contributed by atoms with Crippen LogP contribution in [0.2, 0.25) is 0 Å². The zero-order valence-electron chi connectivity index (χ0n) is 12.9. The molecule has 0 fully saturated rings. The summed E-state index contributed by atoms with van der Waals surface area (Å²) in [7, 11) is 1.48. The summed E-state index contributed by atoms with van der Waals surface area (Å²) in [6.45, 7) is 0. The first-order chi connectivity index (χ1) is 11.7. The lowest BCUT2D eigenvalue weighted by atomic mass is 10.1. The number of benzene rings is 2. The molecule has 0 saturated heterocycles. The average molecular weight is 318 g/mol. The fourth-order valence-electron chi connectivity index (χ4n) is 2.87. The van der Waals surface area contributed by atoms with Crippen molar-refractivity contribution in [2.45, 2.75) is 0 Å². The summed E-state index contributed by atoms with van der Waals surface area (Å²) in [6, 6.07) is 14.4. The van der Waals surface area contributed by atoms with Gasteiger partial charge in [-0.05, 0) is 30.3 Å². The van der Waals surface area contributed by atoms with Crippen molar-refractivity contribution < 1.29 is 9.84 Å². The van der Waals surface area contributed by atoms with Crippen molar-refractivity contribution in [3.63, 3.8) is 0 Å². The van der Waals surface area contributed by atoms with E-state index in [1.807, 2.05) is 34.9 Å². The molecule has 1 N–H and O–H groups in total. The first kappa shape index (κ1) is 14.3. The Hall–Kier alpha value is -3.34. The van der Waals surface area contributed by atoms with E-state index in [9.17, 15) is 9.90 Å². The maximum absolute atomic E-state index is 12.2. The van der Waals surface area contributed by atoms with Gasteiger partial charge < -0.3 is 14.4 Å². The Morgan fingerprint density at radius 3 is 2.83 bits per heavy atom. The van der Waals surface area contributed by atoms with Crippen LogP contribution in [0.15, 0.2) is 65.7 Å². The minimum Gasteiger partial charge on any atom is -0.504 e. The quantitative estimate of drug-likeness (QED) is 0.616. The highest BCUT2D eigenvalue weighted by Gasteiger charge is 2.10. The Kier molecular flexibility index (Phi) is 3.20. The number of phenols is 1. The van der Waals surface area contributed by atoms with Crippen LogP contribution in [0.1, 0.15) is 0 Å². The van der Waals surface area contributed by atoms with Crippen molar-refractivity contribution in [2.75, 3.05) is 7.11 Å². The number of methoxy groups -OCH3 is 1. The number of hydrogen-bond acceptors (Lipinski definition) is 4. The molecule has 5 nitrogen and oxygen atoms in total. The average Bonchev–Trinajstić information content (AvgIpc) is 2.61. The van der Waals surface area contributed by atoms with Crippen molar-refractivity contribution in [2.24, 2.45) is 0 Å². The van der Waals surface area contributed by atoms with Crippen molar-refractivity contribution >= 4 is 21.8 Å². The largest absolute Gasteiger partial charge is 0.504 e. The van der Waals surface area contributed by atoms with Gasteiger partial charge in [0.1, 0.15) is 0 Å². The predicted octanol–water partition coefficient (Wildman–Crippen LogP) is 3.25. The van der Waals surface area contributed by atoms with Gasteiger partial charge >= 0.3 is 0 Å². The smallest absolute Gasteiger partial charge is 0.189 e. The summed E-state index contributed by atoms with van der Waals surface area (Å²) in [5.41, 5.74) is 2.32. The molecule has 0 unspecified atom stereocenters. The van der Waals surface area contributed by atoms with Gasteiger partial charge in [-0.15, -0.1) is 0 Å². The number of hydrogen-bond donors (Lipinski definition) is 1. The van der Waals surface area contributed by atoms with Crippen molar-refractivity contribution in [1.29, 1.82) is 0 Å². The van der Waals surface area contributed by atoms with Crippen molar-refractivity contribution in [3.05, 3.63) is 71.1 Å². The number of fused-ring (bicyclic) bond motifs is 2. The number of pyridine rings is 2. The second-order valence-electron chi connectivity index (χ2n) is 5.47. The first-order valence-corrected chi connectivity index (χ1v) is 7.45. The minimum atomic E-state index is -0.151. The van der Waals surface area contributed by atoms with E-state index in [2.05, 4.69) is 4.98 Å². The standard InChI is InChI=1S/C19H14N2O3/c1-24-19-11-16-14(10-18(19)23)17(22)6-8-21(16)13-4-5-15-12(9-13)3-2-7-20-15/h2-11,23H,1H3. The van der Waals surface area contributed by atoms with Gasteiger partial charge in [0, 0.05) is 41.0 Å². The van der Waals surface area contributed by atoms with Gasteiger partial charge in [0.25, 0.3) is 0 Å². The number of nitrogens with zero attached hydrogens (tertiary/aromatic N) is 2. The summed E-state index contributed by atoms with van der Waals surface area (Å²) in [5.74, 6) is 0.270. The summed E-state index contributed by atoms with van der Waals surface area (Å²) in [4.78, 5) is 16.5. The van der Waals surface area contributed by atoms with Crippen LogP contribution in [-0.2, 0) is 0 Å². The topological polar surface area (TPSA) is 64.3 Å². The summed E-state index contributed by atoms with van der Waals surface area (Å²) in [5, 5.41) is 11.4. The van der Waals surface area contributed by atoms with Crippen LogP contribution in [-0.4, -0.2) is 21.8 Å². The Morgan fingerprint density at radius 1 is 1.12 bits per heavy atom. The van der Waals surface area contributed by atoms with E-state index in [1.165, 1.54) is 19.2 Å². The van der Waals surface area contributed by atoms with Crippen LogP contribution < -0.4 is 10.2 Å². The maximum atomic E-state index is 12.2. The Bertz CT molecular complexity index is 1130. The minimum absolute atomic E-state index is 0.0532. The Morgan fingerprint density at radius 2 is 2.00 bits per heavy atom.